The molecule has 3 rings (SSSR count). The number of morpholine rings is 1. The van der Waals surface area contributed by atoms with E-state index in [1.165, 1.54) is 0 Å². The number of carbonyl (C=O) groups excluding carboxylic acids is 1. The Balaban J connectivity index is 1.54. The van der Waals surface area contributed by atoms with E-state index < -0.39 is 0 Å². The lowest BCUT2D eigenvalue weighted by molar-refractivity contribution is 0.0374. The fraction of sp³-hybridized carbons (Fsp3) is 0.471. The van der Waals surface area contributed by atoms with Crippen LogP contribution in [0.4, 0.5) is 0 Å². The van der Waals surface area contributed by atoms with Crippen LogP contribution in [-0.4, -0.2) is 65.2 Å². The van der Waals surface area contributed by atoms with Gasteiger partial charge in [0, 0.05) is 24.7 Å². The highest BCUT2D eigenvalue weighted by Gasteiger charge is 2.17. The number of aromatic nitrogens is 3. The van der Waals surface area contributed by atoms with Gasteiger partial charge in [-0.1, -0.05) is 22.9 Å². The summed E-state index contributed by atoms with van der Waals surface area (Å²) in [5.41, 5.74) is 1.81. The number of nitrogens with one attached hydrogen (secondary N) is 1. The number of carbonyl (C=O) groups is 1. The van der Waals surface area contributed by atoms with E-state index in [0.29, 0.717) is 23.0 Å². The zero-order chi connectivity index (χ0) is 17.6. The molecule has 0 unspecified atom stereocenters. The molecule has 0 saturated carbocycles. The Morgan fingerprint density at radius 1 is 1.36 bits per heavy atom. The number of hydrogen-bond donors (Lipinski definition) is 1. The van der Waals surface area contributed by atoms with Crippen molar-refractivity contribution in [2.45, 2.75) is 13.3 Å². The average Bonchev–Trinajstić information content (AvgIpc) is 3.01. The van der Waals surface area contributed by atoms with E-state index in [9.17, 15) is 4.79 Å². The van der Waals surface area contributed by atoms with Gasteiger partial charge in [-0.3, -0.25) is 9.69 Å². The van der Waals surface area contributed by atoms with Gasteiger partial charge >= 0.3 is 0 Å². The molecule has 0 spiro atoms. The highest BCUT2D eigenvalue weighted by molar-refractivity contribution is 6.30. The summed E-state index contributed by atoms with van der Waals surface area (Å²) in [5.74, 6) is -0.201. The zero-order valence-corrected chi connectivity index (χ0v) is 15.0. The van der Waals surface area contributed by atoms with E-state index in [1.807, 2.05) is 19.1 Å². The second-order valence-electron chi connectivity index (χ2n) is 5.98. The van der Waals surface area contributed by atoms with Gasteiger partial charge in [0.1, 0.15) is 0 Å². The lowest BCUT2D eigenvalue weighted by Crippen LogP contribution is -2.38. The molecule has 0 radical (unpaired) electrons. The predicted octanol–water partition coefficient (Wildman–Crippen LogP) is 1.68. The second kappa shape index (κ2) is 8.42. The molecule has 2 aromatic rings. The van der Waals surface area contributed by atoms with Crippen molar-refractivity contribution in [3.63, 3.8) is 0 Å². The molecule has 0 bridgehead atoms. The minimum Gasteiger partial charge on any atom is -0.379 e. The third-order valence-corrected chi connectivity index (χ3v) is 4.44. The van der Waals surface area contributed by atoms with Gasteiger partial charge in [0.15, 0.2) is 5.69 Å². The summed E-state index contributed by atoms with van der Waals surface area (Å²) in [6.45, 7) is 6.89. The molecule has 2 heterocycles. The molecule has 1 fully saturated rings. The number of rotatable bonds is 6. The minimum absolute atomic E-state index is 0.201. The molecule has 1 amide bonds. The average molecular weight is 364 g/mol. The van der Waals surface area contributed by atoms with Crippen molar-refractivity contribution in [1.82, 2.24) is 25.2 Å². The minimum atomic E-state index is -0.201. The Bertz CT molecular complexity index is 728. The molecule has 1 saturated heterocycles. The third-order valence-electron chi connectivity index (χ3n) is 4.20. The first kappa shape index (κ1) is 17.8. The van der Waals surface area contributed by atoms with Crippen LogP contribution in [0, 0.1) is 6.92 Å². The van der Waals surface area contributed by atoms with Crippen molar-refractivity contribution < 1.29 is 9.53 Å². The lowest BCUT2D eigenvalue weighted by Gasteiger charge is -2.26. The molecule has 7 nitrogen and oxygen atoms in total. The number of hydrogen-bond acceptors (Lipinski definition) is 5. The number of halogens is 1. The molecular formula is C17H22ClN5O2. The van der Waals surface area contributed by atoms with Crippen LogP contribution in [0.15, 0.2) is 24.3 Å². The first-order chi connectivity index (χ1) is 12.1. The maximum atomic E-state index is 12.3. The van der Waals surface area contributed by atoms with Crippen molar-refractivity contribution in [1.29, 1.82) is 0 Å². The topological polar surface area (TPSA) is 72.3 Å². The Morgan fingerprint density at radius 2 is 2.16 bits per heavy atom. The number of amides is 1. The SMILES string of the molecule is Cc1c(C(=O)NCCCN2CCOCC2)nnn1-c1cccc(Cl)c1. The monoisotopic (exact) mass is 363 g/mol. The standard InChI is InChI=1S/C17H22ClN5O2/c1-13-16(20-21-23(13)15-5-2-4-14(18)12-15)17(24)19-6-3-7-22-8-10-25-11-9-22/h2,4-5,12H,3,6-11H2,1H3,(H,19,24). The lowest BCUT2D eigenvalue weighted by atomic mass is 10.2. The zero-order valence-electron chi connectivity index (χ0n) is 14.2. The third kappa shape index (κ3) is 4.56. The molecule has 1 aliphatic heterocycles. The molecule has 8 heteroatoms. The van der Waals surface area contributed by atoms with Gasteiger partial charge in [0.25, 0.3) is 5.91 Å². The molecule has 1 aliphatic rings. The molecule has 25 heavy (non-hydrogen) atoms. The second-order valence-corrected chi connectivity index (χ2v) is 6.42. The molecule has 0 aliphatic carbocycles. The van der Waals surface area contributed by atoms with Crippen molar-refractivity contribution in [3.05, 3.63) is 40.7 Å². The summed E-state index contributed by atoms with van der Waals surface area (Å²) >= 11 is 6.01. The van der Waals surface area contributed by atoms with Gasteiger partial charge in [0.05, 0.1) is 24.6 Å². The number of ether oxygens (including phenoxy) is 1. The molecule has 0 atom stereocenters. The first-order valence-corrected chi connectivity index (χ1v) is 8.79. The van der Waals surface area contributed by atoms with Crippen LogP contribution in [0.25, 0.3) is 5.69 Å². The smallest absolute Gasteiger partial charge is 0.273 e. The van der Waals surface area contributed by atoms with Crippen LogP contribution in [0.2, 0.25) is 5.02 Å². The summed E-state index contributed by atoms with van der Waals surface area (Å²) in [5, 5.41) is 11.6. The number of benzene rings is 1. The Hall–Kier alpha value is -1.96. The number of nitrogens with zero attached hydrogens (tertiary/aromatic N) is 4. The molecule has 1 aromatic heterocycles. The fourth-order valence-electron chi connectivity index (χ4n) is 2.81. The normalized spacial score (nSPS) is 15.3. The van der Waals surface area contributed by atoms with Crippen molar-refractivity contribution >= 4 is 17.5 Å². The summed E-state index contributed by atoms with van der Waals surface area (Å²) in [6, 6.07) is 7.29. The van der Waals surface area contributed by atoms with Gasteiger partial charge in [-0.2, -0.15) is 0 Å². The Labute approximate surface area is 151 Å². The van der Waals surface area contributed by atoms with Crippen LogP contribution in [0.1, 0.15) is 22.6 Å². The van der Waals surface area contributed by atoms with Crippen LogP contribution in [0.5, 0.6) is 0 Å². The highest BCUT2D eigenvalue weighted by atomic mass is 35.5. The Morgan fingerprint density at radius 3 is 2.92 bits per heavy atom. The van der Waals surface area contributed by atoms with E-state index in [2.05, 4.69) is 20.5 Å². The van der Waals surface area contributed by atoms with E-state index in [0.717, 1.165) is 45.0 Å². The van der Waals surface area contributed by atoms with Crippen LogP contribution in [0.3, 0.4) is 0 Å². The van der Waals surface area contributed by atoms with E-state index >= 15 is 0 Å². The predicted molar refractivity (Wildman–Crippen MR) is 95.3 cm³/mol. The first-order valence-electron chi connectivity index (χ1n) is 8.41. The molecular weight excluding hydrogens is 342 g/mol. The highest BCUT2D eigenvalue weighted by Crippen LogP contribution is 2.16. The maximum Gasteiger partial charge on any atom is 0.273 e. The van der Waals surface area contributed by atoms with Gasteiger partial charge in [-0.15, -0.1) is 5.10 Å². The van der Waals surface area contributed by atoms with Crippen LogP contribution in [-0.2, 0) is 4.74 Å². The summed E-state index contributed by atoms with van der Waals surface area (Å²) < 4.78 is 6.94. The largest absolute Gasteiger partial charge is 0.379 e. The summed E-state index contributed by atoms with van der Waals surface area (Å²) in [6.07, 6.45) is 0.896. The fourth-order valence-corrected chi connectivity index (χ4v) is 2.99. The van der Waals surface area contributed by atoms with Gasteiger partial charge in [-0.05, 0) is 38.1 Å². The van der Waals surface area contributed by atoms with Gasteiger partial charge in [-0.25, -0.2) is 4.68 Å². The molecule has 134 valence electrons. The van der Waals surface area contributed by atoms with Crippen molar-refractivity contribution in [2.75, 3.05) is 39.4 Å². The molecule has 1 aromatic carbocycles. The quantitative estimate of drug-likeness (QED) is 0.790. The van der Waals surface area contributed by atoms with Gasteiger partial charge in [0.2, 0.25) is 0 Å². The molecule has 1 N–H and O–H groups in total. The Kier molecular flexibility index (Phi) is 6.01. The van der Waals surface area contributed by atoms with E-state index in [4.69, 9.17) is 16.3 Å². The maximum absolute atomic E-state index is 12.3. The van der Waals surface area contributed by atoms with Crippen molar-refractivity contribution in [2.24, 2.45) is 0 Å². The van der Waals surface area contributed by atoms with Crippen molar-refractivity contribution in [3.8, 4) is 5.69 Å². The summed E-state index contributed by atoms with van der Waals surface area (Å²) in [7, 11) is 0. The van der Waals surface area contributed by atoms with E-state index in [1.54, 1.807) is 16.8 Å². The van der Waals surface area contributed by atoms with Gasteiger partial charge < -0.3 is 10.1 Å². The summed E-state index contributed by atoms with van der Waals surface area (Å²) in [4.78, 5) is 14.7. The van der Waals surface area contributed by atoms with Crippen LogP contribution < -0.4 is 5.32 Å². The van der Waals surface area contributed by atoms with E-state index in [-0.39, 0.29) is 5.91 Å². The van der Waals surface area contributed by atoms with Crippen LogP contribution >= 0.6 is 11.6 Å².